The Balaban J connectivity index is 2.72. The average Bonchev–Trinajstić information content (AvgIpc) is 2.08. The van der Waals surface area contributed by atoms with E-state index in [1.165, 1.54) is 6.42 Å². The van der Waals surface area contributed by atoms with Gasteiger partial charge in [0, 0.05) is 4.47 Å². The number of hydrogen-bond acceptors (Lipinski definition) is 2. The summed E-state index contributed by atoms with van der Waals surface area (Å²) in [4.78, 5) is 10.5. The lowest BCUT2D eigenvalue weighted by molar-refractivity contribution is -0.115. The summed E-state index contributed by atoms with van der Waals surface area (Å²) in [6.07, 6.45) is 1.26. The van der Waals surface area contributed by atoms with Crippen molar-refractivity contribution in [1.82, 2.24) is 0 Å². The van der Waals surface area contributed by atoms with E-state index in [0.717, 1.165) is 13.4 Å². The fourth-order valence-corrected chi connectivity index (χ4v) is 3.36. The van der Waals surface area contributed by atoms with E-state index in [2.05, 4.69) is 47.8 Å². The smallest absolute Gasteiger partial charge is 0.224 e. The van der Waals surface area contributed by atoms with Crippen molar-refractivity contribution in [2.24, 2.45) is 5.73 Å². The maximum absolute atomic E-state index is 10.5. The molecule has 0 bridgehead atoms. The van der Waals surface area contributed by atoms with Gasteiger partial charge in [-0.1, -0.05) is 15.9 Å². The van der Waals surface area contributed by atoms with E-state index in [0.29, 0.717) is 5.75 Å². The van der Waals surface area contributed by atoms with Gasteiger partial charge in [-0.15, -0.1) is 0 Å². The molecule has 0 aliphatic heterocycles. The average molecular weight is 401 g/mol. The van der Waals surface area contributed by atoms with Crippen LogP contribution in [-0.2, 0) is 4.79 Å². The number of carbonyl (C=O) groups is 1. The molecule has 1 amide bonds. The minimum Gasteiger partial charge on any atom is -0.490 e. The summed E-state index contributed by atoms with van der Waals surface area (Å²) < 4.78 is 7.87. The second kappa shape index (κ2) is 5.86. The van der Waals surface area contributed by atoms with Crippen molar-refractivity contribution in [1.29, 1.82) is 0 Å². The van der Waals surface area contributed by atoms with Crippen LogP contribution in [0.4, 0.5) is 0 Å². The van der Waals surface area contributed by atoms with Gasteiger partial charge >= 0.3 is 0 Å². The van der Waals surface area contributed by atoms with Crippen molar-refractivity contribution < 1.29 is 9.53 Å². The quantitative estimate of drug-likeness (QED) is 0.844. The standard InChI is InChI=1S/C9H7Br3NO2/c10-5-3-6(11)9(7(12)4-5)15-2-1-8(13)14/h1,3-4H,2H2,(H2,13,14). The van der Waals surface area contributed by atoms with Gasteiger partial charge in [0.25, 0.3) is 0 Å². The molecule has 0 aliphatic rings. The number of benzene rings is 1. The van der Waals surface area contributed by atoms with Gasteiger partial charge in [-0.05, 0) is 44.0 Å². The largest absolute Gasteiger partial charge is 0.490 e. The molecule has 0 unspecified atom stereocenters. The molecule has 1 radical (unpaired) electrons. The topological polar surface area (TPSA) is 52.3 Å². The minimum absolute atomic E-state index is 0.147. The Bertz CT molecular complexity index is 359. The van der Waals surface area contributed by atoms with Crippen LogP contribution < -0.4 is 10.5 Å². The summed E-state index contributed by atoms with van der Waals surface area (Å²) in [5.41, 5.74) is 4.95. The molecule has 0 saturated carbocycles. The van der Waals surface area contributed by atoms with Gasteiger partial charge in [-0.25, -0.2) is 0 Å². The van der Waals surface area contributed by atoms with E-state index in [9.17, 15) is 4.79 Å². The first kappa shape index (κ1) is 13.0. The molecule has 3 nitrogen and oxygen atoms in total. The lowest BCUT2D eigenvalue weighted by atomic mass is 10.3. The summed E-state index contributed by atoms with van der Waals surface area (Å²) in [6.45, 7) is 0.147. The molecule has 1 rings (SSSR count). The third-order valence-electron chi connectivity index (χ3n) is 1.48. The highest BCUT2D eigenvalue weighted by molar-refractivity contribution is 9.11. The summed E-state index contributed by atoms with van der Waals surface area (Å²) in [5, 5.41) is 0. The van der Waals surface area contributed by atoms with Gasteiger partial charge in [0.15, 0.2) is 0 Å². The molecule has 6 heteroatoms. The Morgan fingerprint density at radius 2 is 1.87 bits per heavy atom. The van der Waals surface area contributed by atoms with Crippen molar-refractivity contribution in [3.63, 3.8) is 0 Å². The number of primary amides is 1. The van der Waals surface area contributed by atoms with Crippen LogP contribution in [0.25, 0.3) is 0 Å². The molecular weight excluding hydrogens is 394 g/mol. The lowest BCUT2D eigenvalue weighted by Gasteiger charge is -2.09. The van der Waals surface area contributed by atoms with Gasteiger partial charge in [0.2, 0.25) is 5.91 Å². The van der Waals surface area contributed by atoms with Gasteiger partial charge in [-0.2, -0.15) is 0 Å². The summed E-state index contributed by atoms with van der Waals surface area (Å²) >= 11 is 10.0. The van der Waals surface area contributed by atoms with Crippen molar-refractivity contribution in [3.05, 3.63) is 32.0 Å². The molecule has 0 aromatic heterocycles. The molecule has 0 fully saturated rings. The van der Waals surface area contributed by atoms with Crippen LogP contribution in [-0.4, -0.2) is 12.5 Å². The first-order chi connectivity index (χ1) is 7.00. The van der Waals surface area contributed by atoms with E-state index in [4.69, 9.17) is 10.5 Å². The van der Waals surface area contributed by atoms with Gasteiger partial charge < -0.3 is 10.5 Å². The molecule has 0 spiro atoms. The molecular formula is C9H7Br3NO2. The Labute approximate surface area is 113 Å². The Kier molecular flexibility index (Phi) is 5.08. The van der Waals surface area contributed by atoms with Gasteiger partial charge in [0.05, 0.1) is 15.4 Å². The number of hydrogen-bond donors (Lipinski definition) is 1. The number of rotatable bonds is 4. The monoisotopic (exact) mass is 398 g/mol. The van der Waals surface area contributed by atoms with E-state index < -0.39 is 5.91 Å². The molecule has 1 aromatic rings. The second-order valence-corrected chi connectivity index (χ2v) is 5.24. The molecule has 81 valence electrons. The Morgan fingerprint density at radius 3 is 2.33 bits per heavy atom. The van der Waals surface area contributed by atoms with Crippen LogP contribution in [0.15, 0.2) is 25.6 Å². The van der Waals surface area contributed by atoms with Crippen LogP contribution in [0, 0.1) is 6.42 Å². The van der Waals surface area contributed by atoms with E-state index in [-0.39, 0.29) is 6.61 Å². The van der Waals surface area contributed by atoms with Crippen molar-refractivity contribution >= 4 is 53.7 Å². The lowest BCUT2D eigenvalue weighted by Crippen LogP contribution is -2.15. The molecule has 0 atom stereocenters. The third-order valence-corrected chi connectivity index (χ3v) is 3.11. The second-order valence-electron chi connectivity index (χ2n) is 2.62. The number of nitrogens with two attached hydrogens (primary N) is 1. The highest BCUT2D eigenvalue weighted by Gasteiger charge is 2.08. The van der Waals surface area contributed by atoms with Crippen LogP contribution in [0.1, 0.15) is 0 Å². The fraction of sp³-hybridized carbons (Fsp3) is 0.111. The normalized spacial score (nSPS) is 10.1. The van der Waals surface area contributed by atoms with Crippen molar-refractivity contribution in [2.75, 3.05) is 6.61 Å². The predicted molar refractivity (Wildman–Crippen MR) is 68.5 cm³/mol. The SMILES string of the molecule is NC(=O)[CH]COc1c(Br)cc(Br)cc1Br. The minimum atomic E-state index is -0.501. The van der Waals surface area contributed by atoms with Crippen LogP contribution in [0.3, 0.4) is 0 Å². The highest BCUT2D eigenvalue weighted by Crippen LogP contribution is 2.36. The molecule has 0 aliphatic carbocycles. The van der Waals surface area contributed by atoms with Crippen LogP contribution in [0.2, 0.25) is 0 Å². The highest BCUT2D eigenvalue weighted by atomic mass is 79.9. The molecule has 0 heterocycles. The van der Waals surface area contributed by atoms with Gasteiger partial charge in [0.1, 0.15) is 12.4 Å². The summed E-state index contributed by atoms with van der Waals surface area (Å²) in [5.74, 6) is 0.134. The van der Waals surface area contributed by atoms with E-state index >= 15 is 0 Å². The van der Waals surface area contributed by atoms with Crippen molar-refractivity contribution in [3.8, 4) is 5.75 Å². The number of ether oxygens (including phenoxy) is 1. The van der Waals surface area contributed by atoms with Crippen molar-refractivity contribution in [2.45, 2.75) is 0 Å². The maximum atomic E-state index is 10.5. The van der Waals surface area contributed by atoms with Crippen LogP contribution in [0.5, 0.6) is 5.75 Å². The zero-order valence-corrected chi connectivity index (χ0v) is 12.2. The first-order valence-corrected chi connectivity index (χ1v) is 6.28. The first-order valence-electron chi connectivity index (χ1n) is 3.90. The third kappa shape index (κ3) is 4.12. The summed E-state index contributed by atoms with van der Waals surface area (Å²) in [7, 11) is 0. The van der Waals surface area contributed by atoms with Gasteiger partial charge in [-0.3, -0.25) is 4.79 Å². The zero-order chi connectivity index (χ0) is 11.4. The number of halogens is 3. The molecule has 15 heavy (non-hydrogen) atoms. The number of carbonyl (C=O) groups excluding carboxylic acids is 1. The number of amides is 1. The molecule has 0 saturated heterocycles. The van der Waals surface area contributed by atoms with Crippen LogP contribution >= 0.6 is 47.8 Å². The maximum Gasteiger partial charge on any atom is 0.224 e. The molecule has 1 aromatic carbocycles. The van der Waals surface area contributed by atoms with E-state index in [1.807, 2.05) is 12.1 Å². The Morgan fingerprint density at radius 1 is 1.33 bits per heavy atom. The Hall–Kier alpha value is -0.0700. The molecule has 2 N–H and O–H groups in total. The zero-order valence-electron chi connectivity index (χ0n) is 7.47. The predicted octanol–water partition coefficient (Wildman–Crippen LogP) is 3.04. The summed E-state index contributed by atoms with van der Waals surface area (Å²) in [6, 6.07) is 3.70. The van der Waals surface area contributed by atoms with E-state index in [1.54, 1.807) is 0 Å². The fourth-order valence-electron chi connectivity index (χ4n) is 0.874.